The highest BCUT2D eigenvalue weighted by Crippen LogP contribution is 2.42. The van der Waals surface area contributed by atoms with Gasteiger partial charge in [-0.15, -0.1) is 11.3 Å². The van der Waals surface area contributed by atoms with E-state index in [1.807, 2.05) is 17.0 Å². The number of ether oxygens (including phenoxy) is 1. The Labute approximate surface area is 259 Å². The summed E-state index contributed by atoms with van der Waals surface area (Å²) < 4.78 is 34.4. The van der Waals surface area contributed by atoms with E-state index in [0.717, 1.165) is 49.0 Å². The monoisotopic (exact) mass is 644 g/mol. The van der Waals surface area contributed by atoms with Crippen molar-refractivity contribution >= 4 is 56.3 Å². The molecule has 0 unspecified atom stereocenters. The lowest BCUT2D eigenvalue weighted by Crippen LogP contribution is -2.60. The van der Waals surface area contributed by atoms with E-state index in [9.17, 15) is 23.1 Å². The number of thiophene rings is 1. The summed E-state index contributed by atoms with van der Waals surface area (Å²) in [6.45, 7) is 2.23. The third-order valence-corrected chi connectivity index (χ3v) is 11.7. The minimum Gasteiger partial charge on any atom is -0.477 e. The molecule has 0 radical (unpaired) electrons. The highest BCUT2D eigenvalue weighted by Gasteiger charge is 2.44. The number of aromatic nitrogens is 1. The van der Waals surface area contributed by atoms with Crippen molar-refractivity contribution < 1.29 is 27.9 Å². The lowest BCUT2D eigenvalue weighted by molar-refractivity contribution is -0.121. The largest absolute Gasteiger partial charge is 0.477 e. The van der Waals surface area contributed by atoms with Crippen molar-refractivity contribution in [1.82, 2.24) is 9.29 Å². The number of sulfonamides is 1. The molecule has 13 heteroatoms. The van der Waals surface area contributed by atoms with Crippen LogP contribution in [0.2, 0.25) is 5.02 Å². The zero-order chi connectivity index (χ0) is 30.1. The first-order valence-corrected chi connectivity index (χ1v) is 17.1. The molecule has 228 valence electrons. The fraction of sp³-hybridized carbons (Fsp3) is 0.433. The van der Waals surface area contributed by atoms with Gasteiger partial charge in [-0.2, -0.15) is 4.31 Å². The van der Waals surface area contributed by atoms with E-state index < -0.39 is 27.9 Å². The molecule has 1 N–H and O–H groups in total. The molecular weight excluding hydrogens is 612 g/mol. The Hall–Kier alpha value is -3.03. The van der Waals surface area contributed by atoms with Gasteiger partial charge < -0.3 is 19.6 Å². The minimum absolute atomic E-state index is 0.0277. The van der Waals surface area contributed by atoms with Gasteiger partial charge in [0.1, 0.15) is 15.6 Å². The van der Waals surface area contributed by atoms with Crippen molar-refractivity contribution in [3.63, 3.8) is 0 Å². The third kappa shape index (κ3) is 6.16. The van der Waals surface area contributed by atoms with Gasteiger partial charge in [-0.05, 0) is 54.7 Å². The van der Waals surface area contributed by atoms with Crippen LogP contribution in [0.4, 0.5) is 11.5 Å². The Morgan fingerprint density at radius 3 is 2.42 bits per heavy atom. The number of benzene rings is 1. The van der Waals surface area contributed by atoms with Crippen LogP contribution in [-0.4, -0.2) is 80.1 Å². The van der Waals surface area contributed by atoms with Gasteiger partial charge in [0.15, 0.2) is 0 Å². The van der Waals surface area contributed by atoms with Crippen LogP contribution < -0.4 is 9.80 Å². The molecular formula is C30H33ClN4O6S2. The van der Waals surface area contributed by atoms with Gasteiger partial charge in [-0.25, -0.2) is 18.2 Å². The first-order valence-electron chi connectivity index (χ1n) is 14.5. The van der Waals surface area contributed by atoms with Crippen molar-refractivity contribution in [2.24, 2.45) is 5.92 Å². The molecule has 6 rings (SSSR count). The van der Waals surface area contributed by atoms with Crippen molar-refractivity contribution in [2.75, 3.05) is 49.2 Å². The molecule has 10 nitrogen and oxygen atoms in total. The van der Waals surface area contributed by atoms with Crippen molar-refractivity contribution in [1.29, 1.82) is 0 Å². The summed E-state index contributed by atoms with van der Waals surface area (Å²) >= 11 is 7.16. The molecule has 43 heavy (non-hydrogen) atoms. The number of aromatic carboxylic acids is 1. The third-order valence-electron chi connectivity index (χ3n) is 8.49. The number of piperazine rings is 1. The number of morpholine rings is 1. The standard InChI is InChI=1S/C30H33ClN4O6S2/c31-22-8-6-21(7-9-22)26-16-24(29(42-26)30(37)38)35-25(20-4-2-1-3-5-20)18-34(19-28(35)36)43(39,40)23-10-11-27(32-17-23)33-12-14-41-15-13-33/h6-11,16-17,20,25H,1-5,12-15,18-19H2,(H,37,38)/t25-/m0/s1. The molecule has 3 aromatic rings. The number of hydrogen-bond donors (Lipinski definition) is 1. The molecule has 2 saturated heterocycles. The maximum Gasteiger partial charge on any atom is 0.348 e. The van der Waals surface area contributed by atoms with E-state index in [4.69, 9.17) is 16.3 Å². The molecule has 0 bridgehead atoms. The second-order valence-corrected chi connectivity index (χ2v) is 14.5. The summed E-state index contributed by atoms with van der Waals surface area (Å²) in [4.78, 5) is 35.2. The SMILES string of the molecule is O=C(O)c1sc(-c2ccc(Cl)cc2)cc1N1C(=O)CN(S(=O)(=O)c2ccc(N3CCOCC3)nc2)C[C@H]1C1CCCCC1. The smallest absolute Gasteiger partial charge is 0.348 e. The van der Waals surface area contributed by atoms with Gasteiger partial charge in [0.05, 0.1) is 31.5 Å². The van der Waals surface area contributed by atoms with Crippen LogP contribution in [0.3, 0.4) is 0 Å². The molecule has 1 amide bonds. The number of carboxylic acids is 1. The number of halogens is 1. The molecule has 2 aliphatic heterocycles. The number of anilines is 2. The van der Waals surface area contributed by atoms with Crippen molar-refractivity contribution in [2.45, 2.75) is 43.0 Å². The van der Waals surface area contributed by atoms with Crippen LogP contribution in [-0.2, 0) is 19.6 Å². The Morgan fingerprint density at radius 1 is 1.05 bits per heavy atom. The summed E-state index contributed by atoms with van der Waals surface area (Å²) in [6, 6.07) is 11.6. The summed E-state index contributed by atoms with van der Waals surface area (Å²) in [5.74, 6) is -0.848. The zero-order valence-electron chi connectivity index (χ0n) is 23.5. The number of amides is 1. The number of rotatable bonds is 7. The van der Waals surface area contributed by atoms with Crippen LogP contribution in [0.5, 0.6) is 0 Å². The Balaban J connectivity index is 1.33. The molecule has 3 fully saturated rings. The average Bonchev–Trinajstić information content (AvgIpc) is 3.47. The number of nitrogens with zero attached hydrogens (tertiary/aromatic N) is 4. The molecule has 1 saturated carbocycles. The van der Waals surface area contributed by atoms with E-state index in [-0.39, 0.29) is 28.8 Å². The Bertz CT molecular complexity index is 1580. The van der Waals surface area contributed by atoms with E-state index in [1.54, 1.807) is 35.2 Å². The highest BCUT2D eigenvalue weighted by molar-refractivity contribution is 7.89. The predicted octanol–water partition coefficient (Wildman–Crippen LogP) is 4.98. The van der Waals surface area contributed by atoms with Crippen LogP contribution in [0, 0.1) is 5.92 Å². The van der Waals surface area contributed by atoms with E-state index >= 15 is 0 Å². The van der Waals surface area contributed by atoms with E-state index in [0.29, 0.717) is 47.7 Å². The van der Waals surface area contributed by atoms with Crippen molar-refractivity contribution in [3.8, 4) is 10.4 Å². The number of hydrogen-bond acceptors (Lipinski definition) is 8. The van der Waals surface area contributed by atoms with Gasteiger partial charge in [-0.3, -0.25) is 4.79 Å². The van der Waals surface area contributed by atoms with Crippen LogP contribution in [0.25, 0.3) is 10.4 Å². The van der Waals surface area contributed by atoms with Crippen LogP contribution >= 0.6 is 22.9 Å². The quantitative estimate of drug-likeness (QED) is 0.382. The number of carboxylic acid groups (broad SMARTS) is 1. The second-order valence-electron chi connectivity index (χ2n) is 11.1. The predicted molar refractivity (Wildman–Crippen MR) is 166 cm³/mol. The zero-order valence-corrected chi connectivity index (χ0v) is 25.9. The van der Waals surface area contributed by atoms with Gasteiger partial charge in [-0.1, -0.05) is 43.0 Å². The molecule has 2 aromatic heterocycles. The minimum atomic E-state index is -4.03. The second kappa shape index (κ2) is 12.5. The van der Waals surface area contributed by atoms with E-state index in [2.05, 4.69) is 4.98 Å². The number of carbonyl (C=O) groups excluding carboxylic acids is 1. The highest BCUT2D eigenvalue weighted by atomic mass is 35.5. The van der Waals surface area contributed by atoms with Crippen LogP contribution in [0.15, 0.2) is 53.6 Å². The molecule has 0 spiro atoms. The van der Waals surface area contributed by atoms with E-state index in [1.165, 1.54) is 10.5 Å². The molecule has 4 heterocycles. The summed E-state index contributed by atoms with van der Waals surface area (Å²) in [7, 11) is -4.03. The lowest BCUT2D eigenvalue weighted by atomic mass is 9.82. The van der Waals surface area contributed by atoms with Gasteiger partial charge in [0, 0.05) is 35.7 Å². The average molecular weight is 645 g/mol. The fourth-order valence-corrected chi connectivity index (χ4v) is 8.74. The Morgan fingerprint density at radius 2 is 1.77 bits per heavy atom. The lowest BCUT2D eigenvalue weighted by Gasteiger charge is -2.44. The number of carbonyl (C=O) groups is 2. The molecule has 1 aromatic carbocycles. The topological polar surface area (TPSA) is 120 Å². The first kappa shape index (κ1) is 30.0. The van der Waals surface area contributed by atoms with Gasteiger partial charge in [0.25, 0.3) is 0 Å². The summed E-state index contributed by atoms with van der Waals surface area (Å²) in [5.41, 5.74) is 1.11. The molecule has 1 aliphatic carbocycles. The first-order chi connectivity index (χ1) is 20.7. The Kier molecular flexibility index (Phi) is 8.74. The fourth-order valence-electron chi connectivity index (χ4n) is 6.27. The maximum atomic E-state index is 13.9. The molecule has 3 aliphatic rings. The van der Waals surface area contributed by atoms with Gasteiger partial charge in [0.2, 0.25) is 15.9 Å². The van der Waals surface area contributed by atoms with Gasteiger partial charge >= 0.3 is 5.97 Å². The van der Waals surface area contributed by atoms with Crippen LogP contribution in [0.1, 0.15) is 41.8 Å². The molecule has 1 atom stereocenters. The maximum absolute atomic E-state index is 13.9. The summed E-state index contributed by atoms with van der Waals surface area (Å²) in [6.07, 6.45) is 6.08. The normalized spacial score (nSPS) is 20.9. The van der Waals surface area contributed by atoms with Crippen molar-refractivity contribution in [3.05, 3.63) is 58.6 Å². The summed E-state index contributed by atoms with van der Waals surface area (Å²) in [5, 5.41) is 10.7. The number of pyridine rings is 1.